The van der Waals surface area contributed by atoms with Gasteiger partial charge in [0.1, 0.15) is 11.1 Å². The molecule has 2 rings (SSSR count). The fraction of sp³-hybridized carbons (Fsp3) is 0.176. The molecule has 0 atom stereocenters. The SMILES string of the molecule is CC(=O)c1cc(C#N)c(SCC(=O)c2ccc(Cl)cc2)nc1C. The minimum atomic E-state index is -0.139. The van der Waals surface area contributed by atoms with E-state index < -0.39 is 0 Å². The fourth-order valence-corrected chi connectivity index (χ4v) is 3.00. The molecule has 6 heteroatoms. The summed E-state index contributed by atoms with van der Waals surface area (Å²) in [5, 5.41) is 10.2. The van der Waals surface area contributed by atoms with E-state index >= 15 is 0 Å². The monoisotopic (exact) mass is 344 g/mol. The Hall–Kier alpha value is -2.16. The zero-order valence-electron chi connectivity index (χ0n) is 12.6. The van der Waals surface area contributed by atoms with Crippen LogP contribution in [0.4, 0.5) is 0 Å². The lowest BCUT2D eigenvalue weighted by atomic mass is 10.1. The number of thioether (sulfide) groups is 1. The smallest absolute Gasteiger partial charge is 0.173 e. The molecule has 1 aromatic carbocycles. The van der Waals surface area contributed by atoms with E-state index in [-0.39, 0.29) is 17.3 Å². The third kappa shape index (κ3) is 4.19. The maximum atomic E-state index is 12.2. The number of pyridine rings is 1. The number of carbonyl (C=O) groups excluding carboxylic acids is 2. The zero-order valence-corrected chi connectivity index (χ0v) is 14.2. The van der Waals surface area contributed by atoms with Crippen LogP contribution in [0.25, 0.3) is 0 Å². The number of carbonyl (C=O) groups is 2. The third-order valence-electron chi connectivity index (χ3n) is 3.18. The summed E-state index contributed by atoms with van der Waals surface area (Å²) in [7, 11) is 0. The molecule has 0 saturated heterocycles. The second kappa shape index (κ2) is 7.40. The van der Waals surface area contributed by atoms with Crippen molar-refractivity contribution in [2.24, 2.45) is 0 Å². The normalized spacial score (nSPS) is 10.2. The Morgan fingerprint density at radius 1 is 1.30 bits per heavy atom. The fourth-order valence-electron chi connectivity index (χ4n) is 1.98. The molecular weight excluding hydrogens is 332 g/mol. The standard InChI is InChI=1S/C17H13ClN2O2S/c1-10-15(11(2)21)7-13(8-19)17(20-10)23-9-16(22)12-3-5-14(18)6-4-12/h3-7H,9H2,1-2H3. The molecule has 0 bridgehead atoms. The van der Waals surface area contributed by atoms with Crippen molar-refractivity contribution < 1.29 is 9.59 Å². The van der Waals surface area contributed by atoms with Gasteiger partial charge in [0.05, 0.1) is 11.3 Å². The number of Topliss-reactive ketones (excluding diaryl/α,β-unsaturated/α-hetero) is 2. The van der Waals surface area contributed by atoms with E-state index in [9.17, 15) is 14.9 Å². The molecule has 0 amide bonds. The summed E-state index contributed by atoms with van der Waals surface area (Å²) in [4.78, 5) is 28.0. The predicted molar refractivity (Wildman–Crippen MR) is 90.2 cm³/mol. The van der Waals surface area contributed by atoms with Gasteiger partial charge in [-0.15, -0.1) is 0 Å². The van der Waals surface area contributed by atoms with Crippen molar-refractivity contribution in [2.75, 3.05) is 5.75 Å². The molecule has 0 aliphatic rings. The van der Waals surface area contributed by atoms with Crippen molar-refractivity contribution in [3.8, 4) is 6.07 Å². The first kappa shape index (κ1) is 17.2. The van der Waals surface area contributed by atoms with Crippen LogP contribution in [0.15, 0.2) is 35.4 Å². The highest BCUT2D eigenvalue weighted by atomic mass is 35.5. The maximum Gasteiger partial charge on any atom is 0.173 e. The van der Waals surface area contributed by atoms with Gasteiger partial charge in [-0.3, -0.25) is 9.59 Å². The molecular formula is C17H13ClN2O2S. The summed E-state index contributed by atoms with van der Waals surface area (Å²) in [6, 6.07) is 10.2. The quantitative estimate of drug-likeness (QED) is 0.603. The highest BCUT2D eigenvalue weighted by Crippen LogP contribution is 2.24. The Bertz CT molecular complexity index is 811. The van der Waals surface area contributed by atoms with E-state index in [4.69, 9.17) is 11.6 Å². The molecule has 2 aromatic rings. The van der Waals surface area contributed by atoms with Gasteiger partial charge in [-0.25, -0.2) is 4.98 Å². The van der Waals surface area contributed by atoms with Crippen LogP contribution < -0.4 is 0 Å². The Morgan fingerprint density at radius 3 is 2.52 bits per heavy atom. The molecule has 0 aliphatic heterocycles. The highest BCUT2D eigenvalue weighted by Gasteiger charge is 2.14. The molecule has 0 saturated carbocycles. The Balaban J connectivity index is 2.19. The van der Waals surface area contributed by atoms with Crippen molar-refractivity contribution in [3.05, 3.63) is 57.7 Å². The van der Waals surface area contributed by atoms with Crippen LogP contribution in [0, 0.1) is 18.3 Å². The number of ketones is 2. The Kier molecular flexibility index (Phi) is 5.54. The van der Waals surface area contributed by atoms with E-state index in [1.807, 2.05) is 6.07 Å². The first-order valence-corrected chi connectivity index (χ1v) is 8.13. The predicted octanol–water partition coefficient (Wildman–Crippen LogP) is 4.09. The molecule has 4 nitrogen and oxygen atoms in total. The number of hydrogen-bond donors (Lipinski definition) is 0. The number of benzene rings is 1. The summed E-state index contributed by atoms with van der Waals surface area (Å²) in [5.74, 6) is -0.0618. The lowest BCUT2D eigenvalue weighted by Crippen LogP contribution is -2.05. The van der Waals surface area contributed by atoms with Gasteiger partial charge >= 0.3 is 0 Å². The molecule has 0 N–H and O–H groups in total. The van der Waals surface area contributed by atoms with Gasteiger partial charge in [0.15, 0.2) is 11.6 Å². The molecule has 0 aliphatic carbocycles. The van der Waals surface area contributed by atoms with E-state index in [0.717, 1.165) is 0 Å². The first-order chi connectivity index (χ1) is 10.9. The topological polar surface area (TPSA) is 70.8 Å². The molecule has 23 heavy (non-hydrogen) atoms. The molecule has 0 radical (unpaired) electrons. The zero-order chi connectivity index (χ0) is 17.0. The molecule has 0 spiro atoms. The van der Waals surface area contributed by atoms with Gasteiger partial charge in [-0.1, -0.05) is 23.4 Å². The maximum absolute atomic E-state index is 12.2. The Labute approximate surface area is 143 Å². The van der Waals surface area contributed by atoms with E-state index in [0.29, 0.717) is 32.4 Å². The second-order valence-corrected chi connectivity index (χ2v) is 6.26. The summed E-state index contributed by atoms with van der Waals surface area (Å²) in [6.07, 6.45) is 0. The van der Waals surface area contributed by atoms with Gasteiger partial charge in [-0.05, 0) is 44.2 Å². The summed E-state index contributed by atoms with van der Waals surface area (Å²) < 4.78 is 0. The molecule has 116 valence electrons. The lowest BCUT2D eigenvalue weighted by Gasteiger charge is -2.07. The third-order valence-corrected chi connectivity index (χ3v) is 4.43. The van der Waals surface area contributed by atoms with E-state index in [1.165, 1.54) is 24.8 Å². The molecule has 1 aromatic heterocycles. The molecule has 0 unspecified atom stereocenters. The van der Waals surface area contributed by atoms with Crippen LogP contribution in [0.5, 0.6) is 0 Å². The number of aromatic nitrogens is 1. The highest BCUT2D eigenvalue weighted by molar-refractivity contribution is 8.00. The van der Waals surface area contributed by atoms with E-state index in [1.54, 1.807) is 31.2 Å². The lowest BCUT2D eigenvalue weighted by molar-refractivity contribution is 0.101. The summed E-state index contributed by atoms with van der Waals surface area (Å²) in [5.41, 5.74) is 1.83. The van der Waals surface area contributed by atoms with Crippen LogP contribution in [-0.2, 0) is 0 Å². The van der Waals surface area contributed by atoms with Crippen molar-refractivity contribution in [3.63, 3.8) is 0 Å². The van der Waals surface area contributed by atoms with Gasteiger partial charge in [0.25, 0.3) is 0 Å². The van der Waals surface area contributed by atoms with Crippen LogP contribution in [0.3, 0.4) is 0 Å². The minimum Gasteiger partial charge on any atom is -0.294 e. The van der Waals surface area contributed by atoms with Crippen LogP contribution >= 0.6 is 23.4 Å². The van der Waals surface area contributed by atoms with Crippen LogP contribution in [0.2, 0.25) is 5.02 Å². The molecule has 0 fully saturated rings. The number of rotatable bonds is 5. The average molecular weight is 345 g/mol. The van der Waals surface area contributed by atoms with Crippen LogP contribution in [-0.4, -0.2) is 22.3 Å². The minimum absolute atomic E-state index is 0.0781. The van der Waals surface area contributed by atoms with Crippen molar-refractivity contribution >= 4 is 34.9 Å². The van der Waals surface area contributed by atoms with Gasteiger partial charge in [-0.2, -0.15) is 5.26 Å². The average Bonchev–Trinajstić information content (AvgIpc) is 2.53. The van der Waals surface area contributed by atoms with Crippen LogP contribution in [0.1, 0.15) is 38.9 Å². The summed E-state index contributed by atoms with van der Waals surface area (Å²) in [6.45, 7) is 3.14. The largest absolute Gasteiger partial charge is 0.294 e. The van der Waals surface area contributed by atoms with Crippen molar-refractivity contribution in [2.45, 2.75) is 18.9 Å². The Morgan fingerprint density at radius 2 is 1.96 bits per heavy atom. The van der Waals surface area contributed by atoms with Gasteiger partial charge in [0, 0.05) is 21.8 Å². The number of nitrogens with zero attached hydrogens (tertiary/aromatic N) is 2. The van der Waals surface area contributed by atoms with Crippen molar-refractivity contribution in [1.82, 2.24) is 4.98 Å². The molecule has 1 heterocycles. The van der Waals surface area contributed by atoms with E-state index in [2.05, 4.69) is 4.98 Å². The summed E-state index contributed by atoms with van der Waals surface area (Å²) >= 11 is 6.98. The first-order valence-electron chi connectivity index (χ1n) is 6.76. The van der Waals surface area contributed by atoms with Gasteiger partial charge < -0.3 is 0 Å². The second-order valence-electron chi connectivity index (χ2n) is 4.86. The number of halogens is 1. The number of nitriles is 1. The van der Waals surface area contributed by atoms with Crippen molar-refractivity contribution in [1.29, 1.82) is 5.26 Å². The number of hydrogen-bond acceptors (Lipinski definition) is 5. The number of aryl methyl sites for hydroxylation is 1. The van der Waals surface area contributed by atoms with Gasteiger partial charge in [0.2, 0.25) is 0 Å².